The summed E-state index contributed by atoms with van der Waals surface area (Å²) in [6.45, 7) is 1.98. The average molecular weight is 320 g/mol. The second-order valence-corrected chi connectivity index (χ2v) is 5.37. The molecule has 1 amide bonds. The highest BCUT2D eigenvalue weighted by Gasteiger charge is 2.21. The topological polar surface area (TPSA) is 66.4 Å². The van der Waals surface area contributed by atoms with Crippen LogP contribution in [0.15, 0.2) is 15.9 Å². The predicted molar refractivity (Wildman–Crippen MR) is 70.4 cm³/mol. The first-order valence-electron chi connectivity index (χ1n) is 5.33. The van der Waals surface area contributed by atoms with E-state index in [4.69, 9.17) is 5.11 Å². The molecule has 17 heavy (non-hydrogen) atoms. The number of carbonyl (C=O) groups excluding carboxylic acids is 1. The van der Waals surface area contributed by atoms with Gasteiger partial charge in [0.05, 0.1) is 0 Å². The van der Waals surface area contributed by atoms with Gasteiger partial charge in [-0.1, -0.05) is 19.8 Å². The average Bonchev–Trinajstić information content (AvgIpc) is 2.70. The highest BCUT2D eigenvalue weighted by molar-refractivity contribution is 9.10. The van der Waals surface area contributed by atoms with Crippen LogP contribution in [-0.4, -0.2) is 23.0 Å². The molecule has 0 aliphatic heterocycles. The molecule has 0 spiro atoms. The summed E-state index contributed by atoms with van der Waals surface area (Å²) in [5, 5.41) is 13.3. The molecule has 0 bridgehead atoms. The Morgan fingerprint density at radius 1 is 1.59 bits per heavy atom. The molecular weight excluding hydrogens is 306 g/mol. The lowest BCUT2D eigenvalue weighted by Crippen LogP contribution is -2.40. The zero-order chi connectivity index (χ0) is 12.8. The first kappa shape index (κ1) is 14.2. The van der Waals surface area contributed by atoms with Crippen LogP contribution >= 0.6 is 27.3 Å². The molecule has 0 aliphatic carbocycles. The van der Waals surface area contributed by atoms with Gasteiger partial charge >= 0.3 is 5.97 Å². The Hall–Kier alpha value is -0.880. The predicted octanol–water partition coefficient (Wildman–Crippen LogP) is 2.88. The number of hydrogen-bond acceptors (Lipinski definition) is 3. The lowest BCUT2D eigenvalue weighted by atomic mass is 10.1. The molecule has 0 radical (unpaired) electrons. The van der Waals surface area contributed by atoms with Gasteiger partial charge in [-0.3, -0.25) is 4.79 Å². The zero-order valence-corrected chi connectivity index (χ0v) is 11.8. The number of carboxylic acid groups (broad SMARTS) is 1. The van der Waals surface area contributed by atoms with E-state index in [-0.39, 0.29) is 5.91 Å². The molecule has 0 aliphatic rings. The van der Waals surface area contributed by atoms with Crippen molar-refractivity contribution in [2.75, 3.05) is 0 Å². The van der Waals surface area contributed by atoms with Crippen molar-refractivity contribution in [1.82, 2.24) is 5.32 Å². The van der Waals surface area contributed by atoms with Gasteiger partial charge in [-0.2, -0.15) is 0 Å². The van der Waals surface area contributed by atoms with E-state index < -0.39 is 12.0 Å². The number of aliphatic carboxylic acids is 1. The number of carbonyl (C=O) groups is 2. The van der Waals surface area contributed by atoms with Crippen LogP contribution in [0.1, 0.15) is 35.9 Å². The lowest BCUT2D eigenvalue weighted by Gasteiger charge is -2.13. The van der Waals surface area contributed by atoms with E-state index >= 15 is 0 Å². The van der Waals surface area contributed by atoms with Crippen LogP contribution in [0.2, 0.25) is 0 Å². The Labute approximate surface area is 112 Å². The van der Waals surface area contributed by atoms with E-state index in [2.05, 4.69) is 21.2 Å². The fourth-order valence-electron chi connectivity index (χ4n) is 1.35. The fourth-order valence-corrected chi connectivity index (χ4v) is 2.80. The Morgan fingerprint density at radius 2 is 2.29 bits per heavy atom. The first-order valence-corrected chi connectivity index (χ1v) is 7.00. The highest BCUT2D eigenvalue weighted by atomic mass is 79.9. The molecule has 1 aromatic heterocycles. The Kier molecular flexibility index (Phi) is 5.64. The zero-order valence-electron chi connectivity index (χ0n) is 9.40. The molecule has 1 rings (SSSR count). The minimum atomic E-state index is -0.987. The first-order chi connectivity index (χ1) is 8.06. The largest absolute Gasteiger partial charge is 0.480 e. The van der Waals surface area contributed by atoms with Crippen LogP contribution in [0, 0.1) is 0 Å². The minimum Gasteiger partial charge on any atom is -0.480 e. The van der Waals surface area contributed by atoms with Crippen LogP contribution in [0.4, 0.5) is 0 Å². The van der Waals surface area contributed by atoms with Gasteiger partial charge in [0.15, 0.2) is 0 Å². The van der Waals surface area contributed by atoms with E-state index in [1.165, 1.54) is 11.3 Å². The van der Waals surface area contributed by atoms with Gasteiger partial charge in [0.2, 0.25) is 0 Å². The molecule has 0 fully saturated rings. The Bertz CT molecular complexity index is 405. The van der Waals surface area contributed by atoms with Gasteiger partial charge < -0.3 is 10.4 Å². The van der Waals surface area contributed by atoms with Gasteiger partial charge in [0.1, 0.15) is 10.9 Å². The third-order valence-electron chi connectivity index (χ3n) is 2.27. The van der Waals surface area contributed by atoms with E-state index in [0.29, 0.717) is 15.8 Å². The van der Waals surface area contributed by atoms with E-state index in [0.717, 1.165) is 12.8 Å². The summed E-state index contributed by atoms with van der Waals surface area (Å²) < 4.78 is 0.694. The Balaban J connectivity index is 2.64. The number of halogens is 1. The van der Waals surface area contributed by atoms with Crippen LogP contribution in [-0.2, 0) is 4.79 Å². The van der Waals surface area contributed by atoms with E-state index in [9.17, 15) is 9.59 Å². The molecular formula is C11H14BrNO3S. The number of unbranched alkanes of at least 4 members (excludes halogenated alkanes) is 1. The number of carboxylic acids is 1. The standard InChI is InChI=1S/C11H14BrNO3S/c1-2-3-4-8(11(15)16)13-10(14)9-7(12)5-6-17-9/h5-6,8H,2-4H2,1H3,(H,13,14)(H,15,16)/t8-/m0/s1. The highest BCUT2D eigenvalue weighted by Crippen LogP contribution is 2.22. The molecule has 0 unspecified atom stereocenters. The van der Waals surface area contributed by atoms with E-state index in [1.807, 2.05) is 6.92 Å². The van der Waals surface area contributed by atoms with Crippen LogP contribution in [0.3, 0.4) is 0 Å². The molecule has 94 valence electrons. The summed E-state index contributed by atoms with van der Waals surface area (Å²) in [4.78, 5) is 23.3. The summed E-state index contributed by atoms with van der Waals surface area (Å²) in [5.74, 6) is -1.32. The second kappa shape index (κ2) is 6.76. The monoisotopic (exact) mass is 319 g/mol. The molecule has 6 heteroatoms. The fraction of sp³-hybridized carbons (Fsp3) is 0.455. The van der Waals surface area contributed by atoms with Crippen molar-refractivity contribution < 1.29 is 14.7 Å². The maximum atomic E-state index is 11.8. The van der Waals surface area contributed by atoms with Gasteiger partial charge in [-0.05, 0) is 33.8 Å². The van der Waals surface area contributed by atoms with Crippen LogP contribution < -0.4 is 5.32 Å². The molecule has 0 saturated heterocycles. The van der Waals surface area contributed by atoms with Crippen molar-refractivity contribution in [2.24, 2.45) is 0 Å². The summed E-state index contributed by atoms with van der Waals surface area (Å²) in [6, 6.07) is 0.956. The molecule has 4 nitrogen and oxygen atoms in total. The van der Waals surface area contributed by atoms with Gasteiger partial charge in [0.25, 0.3) is 5.91 Å². The molecule has 2 N–H and O–H groups in total. The molecule has 1 atom stereocenters. The summed E-state index contributed by atoms with van der Waals surface area (Å²) in [6.07, 6.45) is 2.14. The minimum absolute atomic E-state index is 0.338. The number of rotatable bonds is 6. The quantitative estimate of drug-likeness (QED) is 0.847. The number of thiophene rings is 1. The molecule has 0 aromatic carbocycles. The molecule has 0 saturated carbocycles. The molecule has 1 heterocycles. The van der Waals surface area contributed by atoms with Crippen molar-refractivity contribution in [3.8, 4) is 0 Å². The van der Waals surface area contributed by atoms with Gasteiger partial charge in [-0.15, -0.1) is 11.3 Å². The number of hydrogen-bond donors (Lipinski definition) is 2. The summed E-state index contributed by atoms with van der Waals surface area (Å²) in [5.41, 5.74) is 0. The molecule has 1 aromatic rings. The van der Waals surface area contributed by atoms with Gasteiger partial charge in [0, 0.05) is 4.47 Å². The third-order valence-corrected chi connectivity index (χ3v) is 4.11. The smallest absolute Gasteiger partial charge is 0.326 e. The normalized spacial score (nSPS) is 12.1. The van der Waals surface area contributed by atoms with Crippen molar-refractivity contribution in [2.45, 2.75) is 32.2 Å². The number of nitrogens with one attached hydrogen (secondary N) is 1. The van der Waals surface area contributed by atoms with E-state index in [1.54, 1.807) is 11.4 Å². The van der Waals surface area contributed by atoms with Crippen molar-refractivity contribution >= 4 is 39.1 Å². The third kappa shape index (κ3) is 4.12. The van der Waals surface area contributed by atoms with Crippen LogP contribution in [0.25, 0.3) is 0 Å². The number of amides is 1. The Morgan fingerprint density at radius 3 is 2.76 bits per heavy atom. The summed E-state index contributed by atoms with van der Waals surface area (Å²) >= 11 is 4.53. The van der Waals surface area contributed by atoms with Crippen molar-refractivity contribution in [3.05, 3.63) is 20.8 Å². The second-order valence-electron chi connectivity index (χ2n) is 3.60. The summed E-state index contributed by atoms with van der Waals surface area (Å²) in [7, 11) is 0. The van der Waals surface area contributed by atoms with Crippen molar-refractivity contribution in [1.29, 1.82) is 0 Å². The lowest BCUT2D eigenvalue weighted by molar-refractivity contribution is -0.139. The van der Waals surface area contributed by atoms with Crippen LogP contribution in [0.5, 0.6) is 0 Å². The SMILES string of the molecule is CCCC[C@H](NC(=O)c1sccc1Br)C(=O)O. The van der Waals surface area contributed by atoms with Gasteiger partial charge in [-0.25, -0.2) is 4.79 Å². The van der Waals surface area contributed by atoms with Crippen molar-refractivity contribution in [3.63, 3.8) is 0 Å². The maximum absolute atomic E-state index is 11.8. The maximum Gasteiger partial charge on any atom is 0.326 e.